The highest BCUT2D eigenvalue weighted by molar-refractivity contribution is 6.18. The van der Waals surface area contributed by atoms with E-state index in [2.05, 4.69) is 120 Å². The van der Waals surface area contributed by atoms with E-state index in [-0.39, 0.29) is 0 Å². The minimum atomic E-state index is 0.609. The zero-order chi connectivity index (χ0) is 26.9. The van der Waals surface area contributed by atoms with Crippen LogP contribution in [-0.2, 0) is 0 Å². The Morgan fingerprint density at radius 2 is 0.902 bits per heavy atom. The maximum atomic E-state index is 5.19. The van der Waals surface area contributed by atoms with Crippen molar-refractivity contribution in [1.29, 1.82) is 0 Å². The Morgan fingerprint density at radius 1 is 0.366 bits per heavy atom. The third kappa shape index (κ3) is 3.19. The number of benzene rings is 6. The molecule has 0 atom stereocenters. The molecule has 0 saturated carbocycles. The summed E-state index contributed by atoms with van der Waals surface area (Å²) < 4.78 is 2.16. The summed E-state index contributed by atoms with van der Waals surface area (Å²) in [4.78, 5) is 15.4. The largest absolute Gasteiger partial charge is 0.278 e. The number of fused-ring (bicyclic) bond motifs is 6. The summed E-state index contributed by atoms with van der Waals surface area (Å²) in [5, 5.41) is 4.75. The molecule has 0 bridgehead atoms. The fraction of sp³-hybridized carbons (Fsp3) is 0. The average molecular weight is 523 g/mol. The van der Waals surface area contributed by atoms with E-state index in [0.29, 0.717) is 17.6 Å². The van der Waals surface area contributed by atoms with Crippen molar-refractivity contribution in [1.82, 2.24) is 19.5 Å². The average Bonchev–Trinajstić information content (AvgIpc) is 3.56. The predicted molar refractivity (Wildman–Crippen MR) is 167 cm³/mol. The van der Waals surface area contributed by atoms with Crippen LogP contribution >= 0.6 is 0 Å². The minimum Gasteiger partial charge on any atom is -0.278 e. The quantitative estimate of drug-likeness (QED) is 0.232. The Morgan fingerprint density at radius 3 is 1.63 bits per heavy atom. The summed E-state index contributed by atoms with van der Waals surface area (Å²) in [7, 11) is 0. The molecule has 0 radical (unpaired) electrons. The van der Waals surface area contributed by atoms with Gasteiger partial charge in [0.2, 0.25) is 5.95 Å². The van der Waals surface area contributed by atoms with Crippen LogP contribution in [0.15, 0.2) is 133 Å². The summed E-state index contributed by atoms with van der Waals surface area (Å²) in [6, 6.07) is 46.6. The first-order valence-corrected chi connectivity index (χ1v) is 13.8. The lowest BCUT2D eigenvalue weighted by Gasteiger charge is -2.13. The third-order valence-corrected chi connectivity index (χ3v) is 8.22. The Labute approximate surface area is 236 Å². The van der Waals surface area contributed by atoms with Gasteiger partial charge in [0.15, 0.2) is 11.6 Å². The van der Waals surface area contributed by atoms with Crippen LogP contribution in [0.25, 0.3) is 83.6 Å². The zero-order valence-electron chi connectivity index (χ0n) is 22.0. The molecule has 9 rings (SSSR count). The predicted octanol–water partition coefficient (Wildman–Crippen LogP) is 9.10. The summed E-state index contributed by atoms with van der Waals surface area (Å²) >= 11 is 0. The van der Waals surface area contributed by atoms with E-state index < -0.39 is 0 Å². The van der Waals surface area contributed by atoms with Crippen molar-refractivity contribution in [2.75, 3.05) is 0 Å². The molecule has 1 aliphatic carbocycles. The molecule has 6 aromatic carbocycles. The summed E-state index contributed by atoms with van der Waals surface area (Å²) in [5.74, 6) is 1.92. The molecule has 0 N–H and O–H groups in total. The van der Waals surface area contributed by atoms with Crippen molar-refractivity contribution >= 4 is 32.6 Å². The second kappa shape index (κ2) is 8.44. The molecular formula is C37H22N4. The topological polar surface area (TPSA) is 43.6 Å². The monoisotopic (exact) mass is 522 g/mol. The van der Waals surface area contributed by atoms with Gasteiger partial charge >= 0.3 is 0 Å². The number of nitrogens with zero attached hydrogens (tertiary/aromatic N) is 4. The van der Waals surface area contributed by atoms with Gasteiger partial charge in [-0.25, -0.2) is 4.98 Å². The van der Waals surface area contributed by atoms with Crippen LogP contribution in [0, 0.1) is 0 Å². The van der Waals surface area contributed by atoms with Gasteiger partial charge in [0, 0.05) is 21.9 Å². The second-order valence-corrected chi connectivity index (χ2v) is 10.5. The molecule has 0 saturated heterocycles. The summed E-state index contributed by atoms with van der Waals surface area (Å²) in [6.07, 6.45) is 0. The molecule has 2 aromatic heterocycles. The third-order valence-electron chi connectivity index (χ3n) is 8.22. The first-order chi connectivity index (χ1) is 20.3. The van der Waals surface area contributed by atoms with E-state index in [1.165, 1.54) is 38.4 Å². The molecule has 0 amide bonds. The molecule has 1 aliphatic rings. The molecule has 0 aliphatic heterocycles. The molecule has 0 fully saturated rings. The van der Waals surface area contributed by atoms with Gasteiger partial charge in [-0.3, -0.25) is 4.57 Å². The van der Waals surface area contributed by atoms with Crippen LogP contribution in [0.3, 0.4) is 0 Å². The first kappa shape index (κ1) is 22.2. The Kier molecular flexibility index (Phi) is 4.58. The summed E-state index contributed by atoms with van der Waals surface area (Å²) in [6.45, 7) is 0. The van der Waals surface area contributed by atoms with Crippen LogP contribution in [0.5, 0.6) is 0 Å². The molecule has 41 heavy (non-hydrogen) atoms. The van der Waals surface area contributed by atoms with Gasteiger partial charge < -0.3 is 0 Å². The van der Waals surface area contributed by atoms with E-state index in [1.807, 2.05) is 18.2 Å². The first-order valence-electron chi connectivity index (χ1n) is 13.8. The van der Waals surface area contributed by atoms with Gasteiger partial charge in [0.1, 0.15) is 0 Å². The van der Waals surface area contributed by atoms with E-state index in [9.17, 15) is 0 Å². The lowest BCUT2D eigenvalue weighted by atomic mass is 9.98. The van der Waals surface area contributed by atoms with Crippen molar-refractivity contribution in [2.45, 2.75) is 0 Å². The van der Waals surface area contributed by atoms with Crippen LogP contribution in [0.2, 0.25) is 0 Å². The standard InChI is InChI=1S/C37H22N4/c1-2-11-23(12-3-1)35-38-36(31-22-21-30-25-14-5-4-13-24(25)28-17-10-18-29(31)34(28)30)40-37(39-35)41-32-19-8-6-15-26(32)27-16-7-9-20-33(27)41/h1-22H. The van der Waals surface area contributed by atoms with E-state index >= 15 is 0 Å². The Balaban J connectivity index is 1.36. The normalized spacial score (nSPS) is 11.9. The Bertz CT molecular complexity index is 2230. The zero-order valence-corrected chi connectivity index (χ0v) is 22.0. The van der Waals surface area contributed by atoms with E-state index in [0.717, 1.165) is 27.5 Å². The van der Waals surface area contributed by atoms with Crippen molar-refractivity contribution in [3.05, 3.63) is 133 Å². The van der Waals surface area contributed by atoms with Gasteiger partial charge in [-0.1, -0.05) is 115 Å². The molecule has 4 nitrogen and oxygen atoms in total. The maximum absolute atomic E-state index is 5.19. The molecule has 190 valence electrons. The van der Waals surface area contributed by atoms with Gasteiger partial charge in [-0.15, -0.1) is 0 Å². The second-order valence-electron chi connectivity index (χ2n) is 10.5. The highest BCUT2D eigenvalue weighted by Crippen LogP contribution is 2.49. The SMILES string of the molecule is c1ccc(-c2nc(-c3ccc4c5c(cccc35)-c3ccccc3-4)nc(-n3c4ccccc4c4ccccc43)n2)cc1. The van der Waals surface area contributed by atoms with Crippen LogP contribution in [-0.4, -0.2) is 19.5 Å². The van der Waals surface area contributed by atoms with Crippen molar-refractivity contribution in [3.63, 3.8) is 0 Å². The minimum absolute atomic E-state index is 0.609. The van der Waals surface area contributed by atoms with Crippen LogP contribution in [0.4, 0.5) is 0 Å². The highest BCUT2D eigenvalue weighted by atomic mass is 15.2. The lowest BCUT2D eigenvalue weighted by molar-refractivity contribution is 0.954. The van der Waals surface area contributed by atoms with Crippen LogP contribution in [0.1, 0.15) is 0 Å². The fourth-order valence-electron chi connectivity index (χ4n) is 6.44. The van der Waals surface area contributed by atoms with Gasteiger partial charge in [-0.2, -0.15) is 9.97 Å². The lowest BCUT2D eigenvalue weighted by Crippen LogP contribution is -2.06. The number of hydrogen-bond donors (Lipinski definition) is 0. The van der Waals surface area contributed by atoms with Gasteiger partial charge in [-0.05, 0) is 51.2 Å². The van der Waals surface area contributed by atoms with Crippen molar-refractivity contribution in [2.24, 2.45) is 0 Å². The van der Waals surface area contributed by atoms with Gasteiger partial charge in [0.25, 0.3) is 0 Å². The molecule has 8 aromatic rings. The van der Waals surface area contributed by atoms with Crippen LogP contribution < -0.4 is 0 Å². The number of para-hydroxylation sites is 2. The molecular weight excluding hydrogens is 500 g/mol. The molecule has 4 heteroatoms. The highest BCUT2D eigenvalue weighted by Gasteiger charge is 2.24. The van der Waals surface area contributed by atoms with Gasteiger partial charge in [0.05, 0.1) is 11.0 Å². The fourth-order valence-corrected chi connectivity index (χ4v) is 6.44. The molecule has 2 heterocycles. The molecule has 0 spiro atoms. The maximum Gasteiger partial charge on any atom is 0.238 e. The number of aromatic nitrogens is 4. The summed E-state index contributed by atoms with van der Waals surface area (Å²) in [5.41, 5.74) is 9.16. The van der Waals surface area contributed by atoms with E-state index in [4.69, 9.17) is 15.0 Å². The smallest absolute Gasteiger partial charge is 0.238 e. The molecule has 0 unspecified atom stereocenters. The van der Waals surface area contributed by atoms with Crippen molar-refractivity contribution in [3.8, 4) is 51.0 Å². The van der Waals surface area contributed by atoms with E-state index in [1.54, 1.807) is 0 Å². The number of hydrogen-bond acceptors (Lipinski definition) is 3. The Hall–Kier alpha value is -5.61. The number of rotatable bonds is 3. The van der Waals surface area contributed by atoms with Crippen molar-refractivity contribution < 1.29 is 0 Å².